The van der Waals surface area contributed by atoms with Crippen molar-refractivity contribution >= 4 is 11.9 Å². The largest absolute Gasteiger partial charge is 0.290 e. The first-order chi connectivity index (χ1) is 13.6. The summed E-state index contributed by atoms with van der Waals surface area (Å²) >= 11 is 0. The number of halogens is 1. The van der Waals surface area contributed by atoms with Gasteiger partial charge in [0.1, 0.15) is 11.5 Å². The number of hydrogen-bond donors (Lipinski definition) is 1. The second-order valence-electron chi connectivity index (χ2n) is 6.14. The Kier molecular flexibility index (Phi) is 4.63. The van der Waals surface area contributed by atoms with Crippen LogP contribution in [0.15, 0.2) is 72.9 Å². The third-order valence-electron chi connectivity index (χ3n) is 4.18. The fraction of sp³-hybridized carbons (Fsp3) is 0.0476. The maximum absolute atomic E-state index is 13.2. The van der Waals surface area contributed by atoms with Crippen molar-refractivity contribution in [3.63, 3.8) is 0 Å². The van der Waals surface area contributed by atoms with Crippen molar-refractivity contribution in [1.82, 2.24) is 19.7 Å². The molecule has 2 aromatic carbocycles. The highest BCUT2D eigenvalue weighted by Gasteiger charge is 2.18. The number of carbonyl (C=O) groups excluding carboxylic acids is 1. The molecule has 138 valence electrons. The molecule has 7 heteroatoms. The van der Waals surface area contributed by atoms with Crippen LogP contribution in [0.1, 0.15) is 15.9 Å². The number of aryl methyl sites for hydroxylation is 1. The van der Waals surface area contributed by atoms with Gasteiger partial charge in [-0.25, -0.2) is 9.37 Å². The van der Waals surface area contributed by atoms with Crippen LogP contribution >= 0.6 is 0 Å². The number of benzene rings is 2. The van der Waals surface area contributed by atoms with Crippen molar-refractivity contribution in [2.45, 2.75) is 6.92 Å². The molecule has 2 aromatic heterocycles. The van der Waals surface area contributed by atoms with Crippen LogP contribution in [0.4, 0.5) is 10.3 Å². The molecule has 0 unspecified atom stereocenters. The van der Waals surface area contributed by atoms with Gasteiger partial charge in [-0.15, -0.1) is 5.10 Å². The molecule has 0 aliphatic carbocycles. The van der Waals surface area contributed by atoms with E-state index in [1.165, 1.54) is 16.8 Å². The summed E-state index contributed by atoms with van der Waals surface area (Å²) in [6.45, 7) is 1.87. The molecule has 0 aliphatic rings. The Balaban J connectivity index is 1.75. The number of nitrogens with zero attached hydrogens (tertiary/aromatic N) is 4. The number of carbonyl (C=O) groups is 1. The van der Waals surface area contributed by atoms with Gasteiger partial charge in [0, 0.05) is 5.56 Å². The van der Waals surface area contributed by atoms with Gasteiger partial charge in [-0.3, -0.25) is 10.1 Å². The Bertz CT molecular complexity index is 1120. The zero-order valence-electron chi connectivity index (χ0n) is 15.0. The predicted octanol–water partition coefficient (Wildman–Crippen LogP) is 4.03. The third-order valence-corrected chi connectivity index (χ3v) is 4.18. The topological polar surface area (TPSA) is 72.7 Å². The van der Waals surface area contributed by atoms with E-state index in [0.29, 0.717) is 11.3 Å². The van der Waals surface area contributed by atoms with Crippen LogP contribution in [0.2, 0.25) is 0 Å². The molecule has 0 saturated heterocycles. The van der Waals surface area contributed by atoms with E-state index in [1.807, 2.05) is 49.4 Å². The van der Waals surface area contributed by atoms with E-state index in [1.54, 1.807) is 12.1 Å². The van der Waals surface area contributed by atoms with Crippen LogP contribution in [0.3, 0.4) is 0 Å². The molecule has 0 fully saturated rings. The normalized spacial score (nSPS) is 10.6. The highest BCUT2D eigenvalue weighted by Crippen LogP contribution is 2.21. The SMILES string of the molecule is Cc1ccccc1C(=O)Nc1nc(-c2ccc(F)cn2)nn1-c1ccccc1. The maximum atomic E-state index is 13.2. The van der Waals surface area contributed by atoms with Gasteiger partial charge in [-0.1, -0.05) is 36.4 Å². The molecule has 2 heterocycles. The first-order valence-corrected chi connectivity index (χ1v) is 8.63. The minimum atomic E-state index is -0.445. The lowest BCUT2D eigenvalue weighted by atomic mass is 10.1. The molecule has 4 aromatic rings. The van der Waals surface area contributed by atoms with Crippen molar-refractivity contribution in [3.8, 4) is 17.2 Å². The number of pyridine rings is 1. The van der Waals surface area contributed by atoms with Gasteiger partial charge in [0.2, 0.25) is 11.8 Å². The molecule has 28 heavy (non-hydrogen) atoms. The molecule has 4 rings (SSSR count). The molecule has 0 bridgehead atoms. The number of para-hydroxylation sites is 1. The molecule has 0 saturated carbocycles. The zero-order chi connectivity index (χ0) is 19.5. The Labute approximate surface area is 160 Å². The second-order valence-corrected chi connectivity index (χ2v) is 6.14. The standard InChI is InChI=1S/C21H16FN5O/c1-14-7-5-6-10-17(14)20(28)25-21-24-19(18-12-11-15(22)13-23-18)26-27(21)16-8-3-2-4-9-16/h2-13H,1H3,(H,24,25,26,28). The van der Waals surface area contributed by atoms with Gasteiger partial charge in [0.05, 0.1) is 11.9 Å². The second kappa shape index (κ2) is 7.40. The molecule has 1 amide bonds. The minimum Gasteiger partial charge on any atom is -0.290 e. The summed E-state index contributed by atoms with van der Waals surface area (Å²) in [5.41, 5.74) is 2.53. The van der Waals surface area contributed by atoms with Gasteiger partial charge in [-0.2, -0.15) is 9.67 Å². The molecule has 0 aliphatic heterocycles. The quantitative estimate of drug-likeness (QED) is 0.586. The van der Waals surface area contributed by atoms with Crippen molar-refractivity contribution in [3.05, 3.63) is 89.9 Å². The lowest BCUT2D eigenvalue weighted by Gasteiger charge is -2.08. The van der Waals surface area contributed by atoms with E-state index in [2.05, 4.69) is 20.4 Å². The van der Waals surface area contributed by atoms with Crippen molar-refractivity contribution in [1.29, 1.82) is 0 Å². The summed E-state index contributed by atoms with van der Waals surface area (Å²) in [5.74, 6) is -0.204. The van der Waals surface area contributed by atoms with Gasteiger partial charge in [-0.05, 0) is 42.8 Å². The summed E-state index contributed by atoms with van der Waals surface area (Å²) in [7, 11) is 0. The number of nitrogens with one attached hydrogen (secondary N) is 1. The Morgan fingerprint density at radius 2 is 1.75 bits per heavy atom. The van der Waals surface area contributed by atoms with E-state index in [9.17, 15) is 9.18 Å². The summed E-state index contributed by atoms with van der Waals surface area (Å²) in [4.78, 5) is 21.2. The van der Waals surface area contributed by atoms with Crippen LogP contribution in [-0.2, 0) is 0 Å². The molecule has 0 spiro atoms. The number of rotatable bonds is 4. The van der Waals surface area contributed by atoms with E-state index in [-0.39, 0.29) is 17.7 Å². The fourth-order valence-corrected chi connectivity index (χ4v) is 2.76. The molecule has 1 N–H and O–H groups in total. The minimum absolute atomic E-state index is 0.251. The van der Waals surface area contributed by atoms with Crippen LogP contribution in [0.25, 0.3) is 17.2 Å². The lowest BCUT2D eigenvalue weighted by Crippen LogP contribution is -2.16. The van der Waals surface area contributed by atoms with Gasteiger partial charge in [0.25, 0.3) is 5.91 Å². The smallest absolute Gasteiger partial charge is 0.258 e. The molecular weight excluding hydrogens is 357 g/mol. The van der Waals surface area contributed by atoms with Crippen LogP contribution in [-0.4, -0.2) is 25.7 Å². The molecular formula is C21H16FN5O. The average Bonchev–Trinajstić information content (AvgIpc) is 3.13. The number of anilines is 1. The highest BCUT2D eigenvalue weighted by molar-refractivity contribution is 6.04. The fourth-order valence-electron chi connectivity index (χ4n) is 2.76. The van der Waals surface area contributed by atoms with Gasteiger partial charge in [0.15, 0.2) is 0 Å². The average molecular weight is 373 g/mol. The van der Waals surface area contributed by atoms with Crippen LogP contribution in [0, 0.1) is 12.7 Å². The van der Waals surface area contributed by atoms with E-state index in [4.69, 9.17) is 0 Å². The Hall–Kier alpha value is -3.87. The van der Waals surface area contributed by atoms with E-state index < -0.39 is 5.82 Å². The van der Waals surface area contributed by atoms with Crippen molar-refractivity contribution < 1.29 is 9.18 Å². The number of hydrogen-bond acceptors (Lipinski definition) is 4. The summed E-state index contributed by atoms with van der Waals surface area (Å²) in [6, 6.07) is 19.4. The molecule has 0 radical (unpaired) electrons. The first-order valence-electron chi connectivity index (χ1n) is 8.63. The first kappa shape index (κ1) is 17.5. The Morgan fingerprint density at radius 1 is 1.00 bits per heavy atom. The van der Waals surface area contributed by atoms with Gasteiger partial charge < -0.3 is 0 Å². The molecule has 6 nitrogen and oxygen atoms in total. The number of aromatic nitrogens is 4. The summed E-state index contributed by atoms with van der Waals surface area (Å²) in [5, 5.41) is 7.27. The molecule has 0 atom stereocenters. The summed E-state index contributed by atoms with van der Waals surface area (Å²) < 4.78 is 14.7. The Morgan fingerprint density at radius 3 is 2.46 bits per heavy atom. The predicted molar refractivity (Wildman–Crippen MR) is 104 cm³/mol. The lowest BCUT2D eigenvalue weighted by molar-refractivity contribution is 0.102. The highest BCUT2D eigenvalue weighted by atomic mass is 19.1. The third kappa shape index (κ3) is 3.50. The van der Waals surface area contributed by atoms with Gasteiger partial charge >= 0.3 is 0 Å². The zero-order valence-corrected chi connectivity index (χ0v) is 15.0. The van der Waals surface area contributed by atoms with Crippen molar-refractivity contribution in [2.75, 3.05) is 5.32 Å². The monoisotopic (exact) mass is 373 g/mol. The van der Waals surface area contributed by atoms with Crippen LogP contribution < -0.4 is 5.32 Å². The van der Waals surface area contributed by atoms with E-state index >= 15 is 0 Å². The van der Waals surface area contributed by atoms with Crippen molar-refractivity contribution in [2.24, 2.45) is 0 Å². The number of amides is 1. The summed E-state index contributed by atoms with van der Waals surface area (Å²) in [6.07, 6.45) is 1.10. The van der Waals surface area contributed by atoms with E-state index in [0.717, 1.165) is 17.4 Å². The maximum Gasteiger partial charge on any atom is 0.258 e. The van der Waals surface area contributed by atoms with Crippen LogP contribution in [0.5, 0.6) is 0 Å².